The lowest BCUT2D eigenvalue weighted by Gasteiger charge is -2.09. The summed E-state index contributed by atoms with van der Waals surface area (Å²) < 4.78 is 12.5. The van der Waals surface area contributed by atoms with Crippen LogP contribution >= 0.6 is 0 Å². The van der Waals surface area contributed by atoms with Crippen molar-refractivity contribution in [1.82, 2.24) is 4.57 Å². The van der Waals surface area contributed by atoms with Crippen molar-refractivity contribution in [2.45, 2.75) is 32.9 Å². The van der Waals surface area contributed by atoms with Crippen LogP contribution in [0.25, 0.3) is 10.9 Å². The molecule has 0 aliphatic heterocycles. The normalized spacial score (nSPS) is 11.2. The van der Waals surface area contributed by atoms with Crippen LogP contribution in [-0.2, 0) is 20.8 Å². The molecular formula is C16H21NO3. The highest BCUT2D eigenvalue weighted by Gasteiger charge is 2.05. The van der Waals surface area contributed by atoms with E-state index in [0.717, 1.165) is 5.52 Å². The quantitative estimate of drug-likeness (QED) is 0.576. The Morgan fingerprint density at radius 1 is 1.20 bits per heavy atom. The number of fused-ring (bicyclic) bond motifs is 1. The molecule has 4 heteroatoms. The predicted octanol–water partition coefficient (Wildman–Crippen LogP) is 3.00. The molecule has 0 spiro atoms. The number of aromatic nitrogens is 1. The van der Waals surface area contributed by atoms with Crippen molar-refractivity contribution in [3.63, 3.8) is 0 Å². The Labute approximate surface area is 119 Å². The molecule has 0 amide bonds. The van der Waals surface area contributed by atoms with Crippen molar-refractivity contribution in [3.8, 4) is 0 Å². The van der Waals surface area contributed by atoms with Gasteiger partial charge in [0, 0.05) is 18.3 Å². The molecule has 1 aromatic heterocycles. The first-order valence-corrected chi connectivity index (χ1v) is 6.98. The molecule has 2 rings (SSSR count). The summed E-state index contributed by atoms with van der Waals surface area (Å²) in [6.45, 7) is 5.33. The molecule has 1 aromatic carbocycles. The van der Waals surface area contributed by atoms with Gasteiger partial charge in [0.05, 0.1) is 19.1 Å². The zero-order valence-corrected chi connectivity index (χ0v) is 12.0. The van der Waals surface area contributed by atoms with E-state index in [4.69, 9.17) is 9.47 Å². The van der Waals surface area contributed by atoms with E-state index in [0.29, 0.717) is 26.2 Å². The van der Waals surface area contributed by atoms with Crippen molar-refractivity contribution < 1.29 is 14.3 Å². The van der Waals surface area contributed by atoms with Crippen LogP contribution in [0, 0.1) is 0 Å². The lowest BCUT2D eigenvalue weighted by molar-refractivity contribution is -0.145. The molecule has 0 fully saturated rings. The van der Waals surface area contributed by atoms with Gasteiger partial charge in [-0.05, 0) is 31.4 Å². The Morgan fingerprint density at radius 3 is 2.80 bits per heavy atom. The minimum atomic E-state index is -0.185. The molecule has 0 radical (unpaired) electrons. The largest absolute Gasteiger partial charge is 0.463 e. The van der Waals surface area contributed by atoms with Crippen LogP contribution in [0.3, 0.4) is 0 Å². The number of hydrogen-bond acceptors (Lipinski definition) is 3. The molecule has 0 unspecified atom stereocenters. The lowest BCUT2D eigenvalue weighted by atomic mass is 10.2. The maximum Gasteiger partial charge on any atom is 0.307 e. The minimum Gasteiger partial charge on any atom is -0.463 e. The molecule has 0 atom stereocenters. The highest BCUT2D eigenvalue weighted by molar-refractivity contribution is 5.80. The van der Waals surface area contributed by atoms with E-state index < -0.39 is 0 Å². The fourth-order valence-electron chi connectivity index (χ4n) is 2.06. The van der Waals surface area contributed by atoms with Gasteiger partial charge in [-0.2, -0.15) is 0 Å². The topological polar surface area (TPSA) is 40.5 Å². The van der Waals surface area contributed by atoms with Crippen molar-refractivity contribution in [3.05, 3.63) is 36.5 Å². The van der Waals surface area contributed by atoms with Crippen LogP contribution in [0.4, 0.5) is 0 Å². The third kappa shape index (κ3) is 4.10. The lowest BCUT2D eigenvalue weighted by Crippen LogP contribution is -2.14. The third-order valence-corrected chi connectivity index (χ3v) is 3.03. The number of esters is 1. The molecule has 108 valence electrons. The average molecular weight is 275 g/mol. The number of ether oxygens (including phenoxy) is 2. The fraction of sp³-hybridized carbons (Fsp3) is 0.438. The van der Waals surface area contributed by atoms with Crippen LogP contribution in [0.2, 0.25) is 0 Å². The molecular weight excluding hydrogens is 254 g/mol. The minimum absolute atomic E-state index is 0.167. The second kappa shape index (κ2) is 7.10. The number of carbonyl (C=O) groups is 1. The third-order valence-electron chi connectivity index (χ3n) is 3.03. The molecule has 0 saturated carbocycles. The van der Waals surface area contributed by atoms with Crippen molar-refractivity contribution in [2.24, 2.45) is 0 Å². The van der Waals surface area contributed by atoms with Crippen LogP contribution < -0.4 is 0 Å². The van der Waals surface area contributed by atoms with Gasteiger partial charge in [-0.25, -0.2) is 0 Å². The molecule has 20 heavy (non-hydrogen) atoms. The molecule has 0 aliphatic rings. The van der Waals surface area contributed by atoms with Crippen LogP contribution in [0.5, 0.6) is 0 Å². The maximum atomic E-state index is 11.6. The van der Waals surface area contributed by atoms with Crippen molar-refractivity contribution >= 4 is 16.9 Å². The predicted molar refractivity (Wildman–Crippen MR) is 78.6 cm³/mol. The summed E-state index contributed by atoms with van der Waals surface area (Å²) in [5, 5.41) is 1.19. The van der Waals surface area contributed by atoms with Gasteiger partial charge in [0.1, 0.15) is 6.61 Å². The first-order chi connectivity index (χ1) is 9.66. The zero-order valence-electron chi connectivity index (χ0n) is 12.0. The number of nitrogens with zero attached hydrogens (tertiary/aromatic N) is 1. The standard InChI is InChI=1S/C16H21NO3/c1-13(2)19-11-12-20-16(18)8-10-17-9-7-14-5-3-4-6-15(14)17/h3-7,9,13H,8,10-12H2,1-2H3. The Hall–Kier alpha value is -1.81. The molecule has 1 heterocycles. The van der Waals surface area contributed by atoms with Crippen LogP contribution in [0.15, 0.2) is 36.5 Å². The summed E-state index contributed by atoms with van der Waals surface area (Å²) in [6.07, 6.45) is 2.54. The van der Waals surface area contributed by atoms with E-state index in [1.54, 1.807) is 0 Å². The Bertz CT molecular complexity index is 560. The number of hydrogen-bond donors (Lipinski definition) is 0. The summed E-state index contributed by atoms with van der Waals surface area (Å²) in [4.78, 5) is 11.6. The summed E-state index contributed by atoms with van der Waals surface area (Å²) in [5.41, 5.74) is 1.14. The highest BCUT2D eigenvalue weighted by atomic mass is 16.6. The Balaban J connectivity index is 1.76. The van der Waals surface area contributed by atoms with Gasteiger partial charge in [-0.15, -0.1) is 0 Å². The summed E-state index contributed by atoms with van der Waals surface area (Å²) in [5.74, 6) is -0.185. The Kier molecular flexibility index (Phi) is 5.18. The number of carbonyl (C=O) groups excluding carboxylic acids is 1. The van der Waals surface area contributed by atoms with Crippen molar-refractivity contribution in [2.75, 3.05) is 13.2 Å². The number of rotatable bonds is 7. The van der Waals surface area contributed by atoms with E-state index in [2.05, 4.69) is 22.8 Å². The zero-order chi connectivity index (χ0) is 14.4. The van der Waals surface area contributed by atoms with Crippen LogP contribution in [0.1, 0.15) is 20.3 Å². The molecule has 0 aliphatic carbocycles. The number of aryl methyl sites for hydroxylation is 1. The van der Waals surface area contributed by atoms with E-state index in [1.165, 1.54) is 5.39 Å². The van der Waals surface area contributed by atoms with E-state index in [9.17, 15) is 4.79 Å². The second-order valence-electron chi connectivity index (χ2n) is 4.96. The molecule has 2 aromatic rings. The van der Waals surface area contributed by atoms with Gasteiger partial charge < -0.3 is 14.0 Å². The fourth-order valence-corrected chi connectivity index (χ4v) is 2.06. The van der Waals surface area contributed by atoms with Crippen LogP contribution in [-0.4, -0.2) is 29.9 Å². The maximum absolute atomic E-state index is 11.6. The van der Waals surface area contributed by atoms with Gasteiger partial charge in [0.2, 0.25) is 0 Å². The molecule has 0 N–H and O–H groups in total. The van der Waals surface area contributed by atoms with Gasteiger partial charge >= 0.3 is 5.97 Å². The monoisotopic (exact) mass is 275 g/mol. The van der Waals surface area contributed by atoms with Gasteiger partial charge in [0.25, 0.3) is 0 Å². The summed E-state index contributed by atoms with van der Waals surface area (Å²) in [6, 6.07) is 10.2. The smallest absolute Gasteiger partial charge is 0.307 e. The highest BCUT2D eigenvalue weighted by Crippen LogP contribution is 2.15. The Morgan fingerprint density at radius 2 is 2.00 bits per heavy atom. The van der Waals surface area contributed by atoms with Crippen molar-refractivity contribution in [1.29, 1.82) is 0 Å². The van der Waals surface area contributed by atoms with Gasteiger partial charge in [-0.3, -0.25) is 4.79 Å². The summed E-state index contributed by atoms with van der Waals surface area (Å²) >= 11 is 0. The number of benzene rings is 1. The SMILES string of the molecule is CC(C)OCCOC(=O)CCn1ccc2ccccc21. The molecule has 0 saturated heterocycles. The van der Waals surface area contributed by atoms with E-state index >= 15 is 0 Å². The van der Waals surface area contributed by atoms with Gasteiger partial charge in [0.15, 0.2) is 0 Å². The molecule has 0 bridgehead atoms. The van der Waals surface area contributed by atoms with Gasteiger partial charge in [-0.1, -0.05) is 18.2 Å². The molecule has 4 nitrogen and oxygen atoms in total. The second-order valence-corrected chi connectivity index (χ2v) is 4.96. The number of para-hydroxylation sites is 1. The summed E-state index contributed by atoms with van der Waals surface area (Å²) in [7, 11) is 0. The first kappa shape index (κ1) is 14.6. The van der Waals surface area contributed by atoms with E-state index in [-0.39, 0.29) is 12.1 Å². The average Bonchev–Trinajstić information content (AvgIpc) is 2.84. The van der Waals surface area contributed by atoms with E-state index in [1.807, 2.05) is 32.2 Å². The first-order valence-electron chi connectivity index (χ1n) is 6.98.